The number of hydrogen-bond acceptors (Lipinski definition) is 6. The Morgan fingerprint density at radius 2 is 1.83 bits per heavy atom. The molecular weight excluding hydrogens is 408 g/mol. The number of amides is 2. The fraction of sp³-hybridized carbons (Fsp3) is 0.429. The van der Waals surface area contributed by atoms with Gasteiger partial charge in [-0.2, -0.15) is 0 Å². The summed E-state index contributed by atoms with van der Waals surface area (Å²) in [5.41, 5.74) is 2.01. The minimum absolute atomic E-state index is 0.0552. The van der Waals surface area contributed by atoms with Gasteiger partial charge in [-0.25, -0.2) is 0 Å². The summed E-state index contributed by atoms with van der Waals surface area (Å²) in [6, 6.07) is 7.55. The van der Waals surface area contributed by atoms with Crippen LogP contribution >= 0.6 is 24.0 Å². The number of para-hydroxylation sites is 1. The summed E-state index contributed by atoms with van der Waals surface area (Å²) in [6.07, 6.45) is 4.30. The third-order valence-electron chi connectivity index (χ3n) is 5.00. The summed E-state index contributed by atoms with van der Waals surface area (Å²) in [5.74, 6) is -0.890. The first-order valence-corrected chi connectivity index (χ1v) is 11.0. The smallest absolute Gasteiger partial charge is 0.307 e. The number of unbranched alkanes of at least 4 members (excludes halogenated alkanes) is 3. The SMILES string of the molecule is CCCCCCN1C(=O)/C(=C2\SC(=S)N(CCC(=O)OC)C2=O)c2ccccc21. The molecule has 29 heavy (non-hydrogen) atoms. The number of esters is 1. The van der Waals surface area contributed by atoms with Gasteiger partial charge >= 0.3 is 5.97 Å². The zero-order valence-corrected chi connectivity index (χ0v) is 18.2. The Labute approximate surface area is 180 Å². The van der Waals surface area contributed by atoms with Crippen LogP contribution in [-0.4, -0.2) is 47.2 Å². The molecular formula is C21H24N2O4S2. The number of carbonyl (C=O) groups is 3. The molecule has 8 heteroatoms. The lowest BCUT2D eigenvalue weighted by Gasteiger charge is -2.17. The van der Waals surface area contributed by atoms with Crippen LogP contribution in [0.3, 0.4) is 0 Å². The lowest BCUT2D eigenvalue weighted by Crippen LogP contribution is -2.31. The molecule has 1 fully saturated rings. The van der Waals surface area contributed by atoms with Gasteiger partial charge in [0.2, 0.25) is 0 Å². The highest BCUT2D eigenvalue weighted by atomic mass is 32.2. The summed E-state index contributed by atoms with van der Waals surface area (Å²) < 4.78 is 4.99. The van der Waals surface area contributed by atoms with E-state index in [0.29, 0.717) is 21.3 Å². The van der Waals surface area contributed by atoms with Gasteiger partial charge in [0.1, 0.15) is 4.32 Å². The van der Waals surface area contributed by atoms with Crippen molar-refractivity contribution >= 4 is 57.3 Å². The Morgan fingerprint density at radius 1 is 1.07 bits per heavy atom. The number of anilines is 1. The molecule has 0 radical (unpaired) electrons. The van der Waals surface area contributed by atoms with Gasteiger partial charge in [0, 0.05) is 18.7 Å². The number of rotatable bonds is 8. The first-order chi connectivity index (χ1) is 14.0. The van der Waals surface area contributed by atoms with E-state index in [-0.39, 0.29) is 24.8 Å². The van der Waals surface area contributed by atoms with Crippen LogP contribution in [0.25, 0.3) is 5.57 Å². The van der Waals surface area contributed by atoms with E-state index in [2.05, 4.69) is 11.7 Å². The van der Waals surface area contributed by atoms with Crippen LogP contribution in [0, 0.1) is 0 Å². The van der Waals surface area contributed by atoms with E-state index in [0.717, 1.165) is 48.7 Å². The number of fused-ring (bicyclic) bond motifs is 1. The van der Waals surface area contributed by atoms with Gasteiger partial charge in [0.05, 0.1) is 29.7 Å². The lowest BCUT2D eigenvalue weighted by molar-refractivity contribution is -0.141. The van der Waals surface area contributed by atoms with Crippen LogP contribution in [0.15, 0.2) is 29.2 Å². The average molecular weight is 433 g/mol. The number of carbonyl (C=O) groups excluding carboxylic acids is 3. The van der Waals surface area contributed by atoms with Gasteiger partial charge < -0.3 is 9.64 Å². The Bertz CT molecular complexity index is 881. The molecule has 1 aromatic carbocycles. The number of methoxy groups -OCH3 is 1. The van der Waals surface area contributed by atoms with Gasteiger partial charge in [0.25, 0.3) is 11.8 Å². The van der Waals surface area contributed by atoms with Crippen LogP contribution in [0.1, 0.15) is 44.6 Å². The van der Waals surface area contributed by atoms with Gasteiger partial charge in [-0.05, 0) is 12.5 Å². The second-order valence-corrected chi connectivity index (χ2v) is 8.53. The quantitative estimate of drug-likeness (QED) is 0.270. The Balaban J connectivity index is 1.88. The molecule has 154 valence electrons. The normalized spacial score (nSPS) is 18.6. The highest BCUT2D eigenvalue weighted by molar-refractivity contribution is 8.26. The Morgan fingerprint density at radius 3 is 2.55 bits per heavy atom. The Hall–Kier alpha value is -2.19. The molecule has 6 nitrogen and oxygen atoms in total. The van der Waals surface area contributed by atoms with Crippen LogP contribution in [-0.2, 0) is 19.1 Å². The first kappa shape index (κ1) is 21.5. The van der Waals surface area contributed by atoms with Crippen molar-refractivity contribution in [3.63, 3.8) is 0 Å². The van der Waals surface area contributed by atoms with Crippen LogP contribution < -0.4 is 4.90 Å². The number of thioether (sulfide) groups is 1. The third kappa shape index (κ3) is 4.38. The van der Waals surface area contributed by atoms with Crippen LogP contribution in [0.4, 0.5) is 5.69 Å². The van der Waals surface area contributed by atoms with E-state index < -0.39 is 5.97 Å². The zero-order chi connectivity index (χ0) is 21.0. The molecule has 0 unspecified atom stereocenters. The predicted molar refractivity (Wildman–Crippen MR) is 118 cm³/mol. The number of nitrogens with zero attached hydrogens (tertiary/aromatic N) is 2. The third-order valence-corrected chi connectivity index (χ3v) is 6.45. The van der Waals surface area contributed by atoms with Crippen LogP contribution in [0.5, 0.6) is 0 Å². The molecule has 1 saturated heterocycles. The van der Waals surface area contributed by atoms with Crippen molar-refractivity contribution in [3.05, 3.63) is 34.7 Å². The highest BCUT2D eigenvalue weighted by Gasteiger charge is 2.41. The van der Waals surface area contributed by atoms with Crippen LogP contribution in [0.2, 0.25) is 0 Å². The molecule has 0 spiro atoms. The first-order valence-electron chi connectivity index (χ1n) is 9.75. The maximum Gasteiger partial charge on any atom is 0.307 e. The molecule has 0 aromatic heterocycles. The summed E-state index contributed by atoms with van der Waals surface area (Å²) in [5, 5.41) is 0. The van der Waals surface area contributed by atoms with Crippen molar-refractivity contribution in [2.45, 2.75) is 39.0 Å². The molecule has 2 amide bonds. The van der Waals surface area contributed by atoms with Crippen molar-refractivity contribution in [2.24, 2.45) is 0 Å². The maximum atomic E-state index is 13.3. The van der Waals surface area contributed by atoms with E-state index in [4.69, 9.17) is 12.2 Å². The Kier molecular flexibility index (Phi) is 7.08. The van der Waals surface area contributed by atoms with E-state index in [1.165, 1.54) is 12.0 Å². The van der Waals surface area contributed by atoms with Gasteiger partial charge in [-0.1, -0.05) is 68.4 Å². The molecule has 0 atom stereocenters. The van der Waals surface area contributed by atoms with E-state index in [1.807, 2.05) is 24.3 Å². The minimum Gasteiger partial charge on any atom is -0.469 e. The zero-order valence-electron chi connectivity index (χ0n) is 16.6. The predicted octanol–water partition coefficient (Wildman–Crippen LogP) is 3.75. The standard InChI is InChI=1S/C21H24N2O4S2/c1-3-4-5-8-12-22-15-10-7-6-9-14(15)17(19(22)25)18-20(26)23(21(28)29-18)13-11-16(24)27-2/h6-7,9-10H,3-5,8,11-13H2,1-2H3/b18-17-. The number of ether oxygens (including phenoxy) is 1. The summed E-state index contributed by atoms with van der Waals surface area (Å²) >= 11 is 6.47. The van der Waals surface area contributed by atoms with E-state index >= 15 is 0 Å². The number of hydrogen-bond donors (Lipinski definition) is 0. The van der Waals surface area contributed by atoms with Crippen molar-refractivity contribution < 1.29 is 19.1 Å². The van der Waals surface area contributed by atoms with E-state index in [9.17, 15) is 14.4 Å². The topological polar surface area (TPSA) is 66.9 Å². The molecule has 2 aliphatic heterocycles. The minimum atomic E-state index is -0.410. The fourth-order valence-electron chi connectivity index (χ4n) is 3.47. The maximum absolute atomic E-state index is 13.3. The molecule has 3 rings (SSSR count). The monoisotopic (exact) mass is 432 g/mol. The van der Waals surface area contributed by atoms with E-state index in [1.54, 1.807) is 4.90 Å². The second kappa shape index (κ2) is 9.54. The summed E-state index contributed by atoms with van der Waals surface area (Å²) in [6.45, 7) is 2.92. The largest absolute Gasteiger partial charge is 0.469 e. The second-order valence-electron chi connectivity index (χ2n) is 6.89. The van der Waals surface area contributed by atoms with Gasteiger partial charge in [-0.15, -0.1) is 0 Å². The average Bonchev–Trinajstić information content (AvgIpc) is 3.15. The molecule has 1 aromatic rings. The highest BCUT2D eigenvalue weighted by Crippen LogP contribution is 2.44. The molecule has 2 aliphatic rings. The van der Waals surface area contributed by atoms with Crippen molar-refractivity contribution in [1.82, 2.24) is 4.90 Å². The lowest BCUT2D eigenvalue weighted by atomic mass is 10.1. The molecule has 0 bridgehead atoms. The number of thiocarbonyl (C=S) groups is 1. The van der Waals surface area contributed by atoms with Crippen molar-refractivity contribution in [3.8, 4) is 0 Å². The fourth-order valence-corrected chi connectivity index (χ4v) is 4.85. The van der Waals surface area contributed by atoms with Crippen molar-refractivity contribution in [1.29, 1.82) is 0 Å². The number of benzene rings is 1. The van der Waals surface area contributed by atoms with Gasteiger partial charge in [0.15, 0.2) is 0 Å². The van der Waals surface area contributed by atoms with Gasteiger partial charge in [-0.3, -0.25) is 19.3 Å². The molecule has 2 heterocycles. The molecule has 0 aliphatic carbocycles. The summed E-state index contributed by atoms with van der Waals surface area (Å²) in [4.78, 5) is 41.2. The molecule has 0 saturated carbocycles. The van der Waals surface area contributed by atoms with Crippen molar-refractivity contribution in [2.75, 3.05) is 25.1 Å². The molecule has 0 N–H and O–H groups in total. The summed E-state index contributed by atoms with van der Waals surface area (Å²) in [7, 11) is 1.30.